The van der Waals surface area contributed by atoms with Gasteiger partial charge in [0.25, 0.3) is 0 Å². The predicted octanol–water partition coefficient (Wildman–Crippen LogP) is -5.04. The number of primary amides is 1. The van der Waals surface area contributed by atoms with Crippen LogP contribution in [0.4, 0.5) is 0 Å². The van der Waals surface area contributed by atoms with Crippen molar-refractivity contribution in [1.82, 2.24) is 16.0 Å². The van der Waals surface area contributed by atoms with Gasteiger partial charge >= 0.3 is 11.9 Å². The van der Waals surface area contributed by atoms with Crippen molar-refractivity contribution >= 4 is 35.6 Å². The lowest BCUT2D eigenvalue weighted by Crippen LogP contribution is -2.61. The number of carboxylic acids is 2. The smallest absolute Gasteiger partial charge is 0.326 e. The topological polar surface area (TPSA) is 271 Å². The zero-order valence-electron chi connectivity index (χ0n) is 16.8. The van der Waals surface area contributed by atoms with Gasteiger partial charge in [0.2, 0.25) is 23.6 Å². The predicted molar refractivity (Wildman–Crippen MR) is 101 cm³/mol. The third-order valence-electron chi connectivity index (χ3n) is 3.92. The Morgan fingerprint density at radius 2 is 1.29 bits per heavy atom. The van der Waals surface area contributed by atoms with Crippen molar-refractivity contribution in [3.8, 4) is 0 Å². The monoisotopic (exact) mass is 449 g/mol. The Bertz CT molecular complexity index is 711. The van der Waals surface area contributed by atoms with E-state index in [0.717, 1.165) is 6.92 Å². The van der Waals surface area contributed by atoms with E-state index in [1.165, 1.54) is 6.92 Å². The minimum Gasteiger partial charge on any atom is -0.481 e. The van der Waals surface area contributed by atoms with Gasteiger partial charge < -0.3 is 47.8 Å². The van der Waals surface area contributed by atoms with Crippen molar-refractivity contribution in [3.63, 3.8) is 0 Å². The first-order valence-corrected chi connectivity index (χ1v) is 8.93. The summed E-state index contributed by atoms with van der Waals surface area (Å²) in [6.45, 7) is 2.28. The molecule has 0 bridgehead atoms. The number of aliphatic carboxylic acids is 2. The summed E-state index contributed by atoms with van der Waals surface area (Å²) >= 11 is 0. The lowest BCUT2D eigenvalue weighted by molar-refractivity contribution is -0.148. The number of carbonyl (C=O) groups is 6. The van der Waals surface area contributed by atoms with Crippen molar-refractivity contribution in [2.75, 3.05) is 0 Å². The second-order valence-electron chi connectivity index (χ2n) is 6.72. The number of nitrogens with two attached hydrogens (primary N) is 2. The Labute approximate surface area is 176 Å². The molecule has 0 aliphatic carbocycles. The van der Waals surface area contributed by atoms with Gasteiger partial charge in [0.1, 0.15) is 24.2 Å². The molecule has 0 radical (unpaired) electrons. The number of hydrogen-bond donors (Lipinski definition) is 9. The van der Waals surface area contributed by atoms with Crippen LogP contribution in [0.1, 0.15) is 26.7 Å². The molecular weight excluding hydrogens is 422 g/mol. The van der Waals surface area contributed by atoms with E-state index in [0.29, 0.717) is 0 Å². The first kappa shape index (κ1) is 27.7. The molecular formula is C16H27N5O10. The van der Waals surface area contributed by atoms with E-state index in [4.69, 9.17) is 21.7 Å². The number of rotatable bonds is 13. The summed E-state index contributed by atoms with van der Waals surface area (Å²) in [7, 11) is 0. The fourth-order valence-electron chi connectivity index (χ4n) is 2.19. The minimum absolute atomic E-state index is 0.727. The first-order chi connectivity index (χ1) is 14.2. The molecule has 4 amide bonds. The number of aliphatic hydroxyl groups excluding tert-OH is 2. The number of aliphatic hydroxyl groups is 2. The second kappa shape index (κ2) is 12.4. The van der Waals surface area contributed by atoms with Crippen molar-refractivity contribution in [2.45, 2.75) is 63.1 Å². The number of hydrogen-bond acceptors (Lipinski definition) is 9. The highest BCUT2D eigenvalue weighted by Gasteiger charge is 2.34. The molecule has 0 spiro atoms. The number of carbonyl (C=O) groups excluding carboxylic acids is 4. The molecule has 0 fully saturated rings. The zero-order chi connectivity index (χ0) is 24.5. The van der Waals surface area contributed by atoms with Gasteiger partial charge in [-0.3, -0.25) is 24.0 Å². The lowest BCUT2D eigenvalue weighted by atomic mass is 10.1. The van der Waals surface area contributed by atoms with Crippen molar-refractivity contribution in [1.29, 1.82) is 0 Å². The maximum absolute atomic E-state index is 12.5. The highest BCUT2D eigenvalue weighted by molar-refractivity contribution is 5.96. The van der Waals surface area contributed by atoms with Crippen LogP contribution >= 0.6 is 0 Å². The van der Waals surface area contributed by atoms with Crippen molar-refractivity contribution < 1.29 is 49.2 Å². The van der Waals surface area contributed by atoms with Crippen LogP contribution in [-0.4, -0.2) is 92.4 Å². The van der Waals surface area contributed by atoms with Crippen molar-refractivity contribution in [3.05, 3.63) is 0 Å². The number of amides is 4. The van der Waals surface area contributed by atoms with Crippen molar-refractivity contribution in [2.24, 2.45) is 11.5 Å². The Morgan fingerprint density at radius 3 is 1.68 bits per heavy atom. The highest BCUT2D eigenvalue weighted by Crippen LogP contribution is 2.02. The molecule has 0 aliphatic rings. The van der Waals surface area contributed by atoms with Gasteiger partial charge in [-0.2, -0.15) is 0 Å². The molecule has 11 N–H and O–H groups in total. The van der Waals surface area contributed by atoms with Gasteiger partial charge in [0.15, 0.2) is 0 Å². The number of carboxylic acid groups (broad SMARTS) is 2. The molecule has 0 aliphatic heterocycles. The maximum atomic E-state index is 12.5. The summed E-state index contributed by atoms with van der Waals surface area (Å²) in [6.07, 6.45) is -4.59. The van der Waals surface area contributed by atoms with Gasteiger partial charge in [-0.15, -0.1) is 0 Å². The molecule has 31 heavy (non-hydrogen) atoms. The molecule has 6 atom stereocenters. The summed E-state index contributed by atoms with van der Waals surface area (Å²) in [4.78, 5) is 69.8. The summed E-state index contributed by atoms with van der Waals surface area (Å²) in [5.41, 5.74) is 10.5. The van der Waals surface area contributed by atoms with Gasteiger partial charge in [0, 0.05) is 0 Å². The third-order valence-corrected chi connectivity index (χ3v) is 3.92. The highest BCUT2D eigenvalue weighted by atomic mass is 16.4. The van der Waals surface area contributed by atoms with Crippen LogP contribution in [0.3, 0.4) is 0 Å². The first-order valence-electron chi connectivity index (χ1n) is 8.93. The molecule has 176 valence electrons. The Hall–Kier alpha value is -3.30. The molecule has 0 saturated heterocycles. The fraction of sp³-hybridized carbons (Fsp3) is 0.625. The summed E-state index contributed by atoms with van der Waals surface area (Å²) in [6, 6.07) is -6.72. The molecule has 0 aromatic carbocycles. The molecule has 0 aromatic heterocycles. The van der Waals surface area contributed by atoms with Gasteiger partial charge in [-0.1, -0.05) is 0 Å². The molecule has 15 heteroatoms. The average molecular weight is 449 g/mol. The van der Waals surface area contributed by atoms with E-state index in [2.05, 4.69) is 5.32 Å². The van der Waals surface area contributed by atoms with Crippen LogP contribution in [0.25, 0.3) is 0 Å². The Balaban J connectivity index is 5.48. The van der Waals surface area contributed by atoms with E-state index in [1.807, 2.05) is 10.6 Å². The minimum atomic E-state index is -1.85. The molecule has 15 nitrogen and oxygen atoms in total. The van der Waals surface area contributed by atoms with Crippen LogP contribution < -0.4 is 27.4 Å². The average Bonchev–Trinajstić information content (AvgIpc) is 2.62. The Kier molecular flexibility index (Phi) is 11.1. The summed E-state index contributed by atoms with van der Waals surface area (Å²) in [5, 5.41) is 42.8. The maximum Gasteiger partial charge on any atom is 0.326 e. The second-order valence-corrected chi connectivity index (χ2v) is 6.72. The van der Waals surface area contributed by atoms with Crippen LogP contribution in [0.5, 0.6) is 0 Å². The summed E-state index contributed by atoms with van der Waals surface area (Å²) in [5.74, 6) is -7.61. The van der Waals surface area contributed by atoms with E-state index < -0.39 is 84.8 Å². The van der Waals surface area contributed by atoms with Gasteiger partial charge in [-0.05, 0) is 13.8 Å². The van der Waals surface area contributed by atoms with E-state index in [1.54, 1.807) is 0 Å². The fourth-order valence-corrected chi connectivity index (χ4v) is 2.19. The zero-order valence-corrected chi connectivity index (χ0v) is 16.8. The molecule has 6 unspecified atom stereocenters. The number of nitrogens with one attached hydrogen (secondary N) is 3. The molecule has 0 saturated carbocycles. The van der Waals surface area contributed by atoms with Gasteiger partial charge in [0.05, 0.1) is 25.0 Å². The van der Waals surface area contributed by atoms with Crippen LogP contribution in [0.15, 0.2) is 0 Å². The largest absolute Gasteiger partial charge is 0.481 e. The van der Waals surface area contributed by atoms with E-state index in [-0.39, 0.29) is 0 Å². The van der Waals surface area contributed by atoms with Crippen LogP contribution in [0, 0.1) is 0 Å². The standard InChI is InChI=1S/C16H27N5O10/c1-5(22)11(18)14(28)19-7(3-9(17)24)13(27)21-12(6(2)23)15(29)20-8(16(30)31)4-10(25)26/h5-8,11-12,22-23H,3-4,18H2,1-2H3,(H2,17,24)(H,19,28)(H,20,29)(H,21,27)(H,25,26)(H,30,31). The molecule has 0 aromatic rings. The third kappa shape index (κ3) is 9.83. The van der Waals surface area contributed by atoms with Crippen LogP contribution in [0.2, 0.25) is 0 Å². The van der Waals surface area contributed by atoms with Crippen LogP contribution in [-0.2, 0) is 28.8 Å². The molecule has 0 heterocycles. The van der Waals surface area contributed by atoms with E-state index in [9.17, 15) is 39.0 Å². The summed E-state index contributed by atoms with van der Waals surface area (Å²) < 4.78 is 0. The SMILES string of the molecule is CC(O)C(N)C(=O)NC(CC(N)=O)C(=O)NC(C(=O)NC(CC(=O)O)C(=O)O)C(C)O. The van der Waals surface area contributed by atoms with E-state index >= 15 is 0 Å². The lowest BCUT2D eigenvalue weighted by Gasteiger charge is -2.26. The van der Waals surface area contributed by atoms with Gasteiger partial charge in [-0.25, -0.2) is 4.79 Å². The Morgan fingerprint density at radius 1 is 0.774 bits per heavy atom. The quantitative estimate of drug-likeness (QED) is 0.128. The molecule has 0 rings (SSSR count). The normalized spacial score (nSPS) is 16.5.